The zero-order valence-corrected chi connectivity index (χ0v) is 69.6. The number of nitrogens with one attached hydrogen (secondary N) is 4. The van der Waals surface area contributed by atoms with E-state index < -0.39 is 87.7 Å². The second kappa shape index (κ2) is 41.3. The highest BCUT2D eigenvalue weighted by atomic mass is 32.2. The van der Waals surface area contributed by atoms with Crippen LogP contribution in [0.4, 0.5) is 21.2 Å². The molecule has 9 unspecified atom stereocenters. The third kappa shape index (κ3) is 20.7. The van der Waals surface area contributed by atoms with Crippen molar-refractivity contribution in [2.75, 3.05) is 84.8 Å². The first-order valence-corrected chi connectivity index (χ1v) is 42.1. The van der Waals surface area contributed by atoms with E-state index in [4.69, 9.17) is 66.4 Å². The van der Waals surface area contributed by atoms with E-state index in [1.807, 2.05) is 137 Å². The molecule has 630 valence electrons. The van der Waals surface area contributed by atoms with E-state index in [0.29, 0.717) is 28.5 Å². The molecular formula is C86H98N15O17PS. The number of alkyl carbamates (subject to hydrolysis) is 1. The zero-order valence-electron chi connectivity index (χ0n) is 67.9. The summed E-state index contributed by atoms with van der Waals surface area (Å²) in [7, 11) is 2.93. The molecule has 6 heterocycles. The topological polar surface area (TPSA) is 375 Å². The summed E-state index contributed by atoms with van der Waals surface area (Å²) >= 11 is 1.57. The van der Waals surface area contributed by atoms with Crippen LogP contribution in [0.15, 0.2) is 176 Å². The van der Waals surface area contributed by atoms with Crippen molar-refractivity contribution in [1.29, 1.82) is 10.5 Å². The van der Waals surface area contributed by atoms with E-state index in [2.05, 4.69) is 77.3 Å². The van der Waals surface area contributed by atoms with Gasteiger partial charge >= 0.3 is 12.2 Å². The van der Waals surface area contributed by atoms with Gasteiger partial charge in [-0.05, 0) is 121 Å². The lowest BCUT2D eigenvalue weighted by Gasteiger charge is -2.37. The number of anilines is 1. The second-order valence-electron chi connectivity index (χ2n) is 29.2. The number of guanidine groups is 1. The van der Waals surface area contributed by atoms with Crippen LogP contribution in [0.2, 0.25) is 0 Å². The molecule has 0 spiro atoms. The molecule has 4 aliphatic rings. The van der Waals surface area contributed by atoms with E-state index in [1.165, 1.54) is 23.9 Å². The number of benzene rings is 6. The van der Waals surface area contributed by atoms with Crippen molar-refractivity contribution < 1.29 is 80.7 Å². The number of nitriles is 2. The van der Waals surface area contributed by atoms with Crippen molar-refractivity contribution in [3.8, 4) is 34.8 Å². The number of fused-ring (bicyclic) bond motifs is 5. The number of aliphatic imine (C=N–C) groups is 1. The number of carbonyl (C=O) groups is 4. The maximum atomic E-state index is 13.9. The summed E-state index contributed by atoms with van der Waals surface area (Å²) in [5.41, 5.74) is 7.05. The number of aliphatic hydroxyl groups is 1. The van der Waals surface area contributed by atoms with Crippen molar-refractivity contribution in [3.05, 3.63) is 215 Å². The summed E-state index contributed by atoms with van der Waals surface area (Å²) in [5.74, 6) is 1.07. The molecule has 1 aliphatic carbocycles. The van der Waals surface area contributed by atoms with Gasteiger partial charge in [0.15, 0.2) is 29.0 Å². The molecule has 6 aromatic carbocycles. The molecule has 9 aromatic rings. The number of amides is 4. The van der Waals surface area contributed by atoms with E-state index in [0.717, 1.165) is 44.5 Å². The first-order valence-electron chi connectivity index (χ1n) is 39.6. The van der Waals surface area contributed by atoms with Gasteiger partial charge in [0.2, 0.25) is 11.9 Å². The summed E-state index contributed by atoms with van der Waals surface area (Å²) in [6, 6.07) is 52.0. The number of thioether (sulfide) groups is 1. The van der Waals surface area contributed by atoms with Gasteiger partial charge in [-0.25, -0.2) is 34.2 Å². The summed E-state index contributed by atoms with van der Waals surface area (Å²) in [4.78, 5) is 78.0. The number of nitrogens with zero attached hydrogens (tertiary/aromatic N) is 11. The van der Waals surface area contributed by atoms with Gasteiger partial charge in [-0.3, -0.25) is 24.0 Å². The third-order valence-electron chi connectivity index (χ3n) is 20.8. The first-order chi connectivity index (χ1) is 58.4. The number of aromatic nitrogens is 6. The Bertz CT molecular complexity index is 4970. The Morgan fingerprint density at radius 3 is 1.99 bits per heavy atom. The van der Waals surface area contributed by atoms with E-state index in [-0.39, 0.29) is 138 Å². The molecule has 3 aromatic heterocycles. The van der Waals surface area contributed by atoms with Gasteiger partial charge in [0.1, 0.15) is 67.0 Å². The number of rotatable bonds is 39. The smallest absolute Gasteiger partial charge is 0.409 e. The quantitative estimate of drug-likeness (QED) is 0.0103. The molecule has 120 heavy (non-hydrogen) atoms. The Morgan fingerprint density at radius 1 is 0.708 bits per heavy atom. The molecular weight excluding hydrogens is 1580 g/mol. The normalized spacial score (nSPS) is 18.5. The molecule has 34 heteroatoms. The number of imidazole rings is 2. The highest BCUT2D eigenvalue weighted by Gasteiger charge is 2.47. The van der Waals surface area contributed by atoms with Crippen LogP contribution in [0.25, 0.3) is 22.3 Å². The van der Waals surface area contributed by atoms with Crippen molar-refractivity contribution in [3.63, 3.8) is 0 Å². The summed E-state index contributed by atoms with van der Waals surface area (Å²) < 4.78 is 83.4. The van der Waals surface area contributed by atoms with Gasteiger partial charge < -0.3 is 82.4 Å². The van der Waals surface area contributed by atoms with E-state index in [9.17, 15) is 34.8 Å². The van der Waals surface area contributed by atoms with Crippen molar-refractivity contribution in [2.24, 2.45) is 4.99 Å². The molecule has 9 atom stereocenters. The summed E-state index contributed by atoms with van der Waals surface area (Å²) in [6.45, 7) is 6.88. The zero-order chi connectivity index (χ0) is 84.2. The number of aliphatic hydroxyl groups excluding tert-OH is 1. The van der Waals surface area contributed by atoms with Crippen LogP contribution < -0.4 is 30.7 Å². The maximum absolute atomic E-state index is 13.9. The lowest BCUT2D eigenvalue weighted by Crippen LogP contribution is -2.44. The fraction of sp³-hybridized carbons (Fsp3) is 0.407. The third-order valence-corrected chi connectivity index (χ3v) is 23.5. The van der Waals surface area contributed by atoms with Crippen molar-refractivity contribution >= 4 is 73.0 Å². The maximum Gasteiger partial charge on any atom is 0.409 e. The minimum atomic E-state index is -1.88. The van der Waals surface area contributed by atoms with Gasteiger partial charge in [0, 0.05) is 68.7 Å². The number of methoxy groups -OCH3 is 2. The number of hydrogen-bond donors (Lipinski definition) is 5. The van der Waals surface area contributed by atoms with Gasteiger partial charge in [0.05, 0.1) is 90.5 Å². The molecule has 0 saturated carbocycles. The highest BCUT2D eigenvalue weighted by Crippen LogP contribution is 2.52. The lowest BCUT2D eigenvalue weighted by molar-refractivity contribution is -0.316. The Morgan fingerprint density at radius 2 is 1.33 bits per heavy atom. The molecule has 2 saturated heterocycles. The van der Waals surface area contributed by atoms with Crippen LogP contribution in [-0.4, -0.2) is 196 Å². The SMILES string of the molecule is COc1ccc(C(OCC2OC(n3cnc4c3N=C(NC(=O)CCCN(C)C(=O)OCC3c5ccccc5-c5ccccc53)NC4O)CC2OC(OCCC#N)OCC2OC(n3cnc4c(NC(=O)c5ccc(CNC(=O)OCCSC)cc5)ncnc43)CC2OP(OCCC#N)N(C(C)C)C(C)C)(c2ccccc2)c2ccc(OC)cc2)cc1. The summed E-state index contributed by atoms with van der Waals surface area (Å²) in [6.07, 6.45) is -1.30. The van der Waals surface area contributed by atoms with Crippen LogP contribution >= 0.6 is 20.3 Å². The average Bonchev–Trinajstić information content (AvgIpc) is 1.08. The fourth-order valence-corrected chi connectivity index (χ4v) is 16.9. The average molecular weight is 1680 g/mol. The molecule has 32 nitrogen and oxygen atoms in total. The van der Waals surface area contributed by atoms with Gasteiger partial charge in [-0.2, -0.15) is 27.3 Å². The highest BCUT2D eigenvalue weighted by molar-refractivity contribution is 7.98. The van der Waals surface area contributed by atoms with Crippen LogP contribution in [-0.2, 0) is 63.9 Å². The molecule has 13 rings (SSSR count). The van der Waals surface area contributed by atoms with Crippen molar-refractivity contribution in [1.82, 2.24) is 54.6 Å². The molecule has 2 fully saturated rings. The Balaban J connectivity index is 0.768. The fourth-order valence-electron chi connectivity index (χ4n) is 14.9. The molecule has 3 aliphatic heterocycles. The standard InChI is InChI=1S/C86H98N15O17PS/c1-54(2)101(55(3)4)119(114-42-18-39-88)118-69-46-74(99-52-92-75-77(90-51-91-78(75)99)95-80(103)57-28-26-56(27-29-57)47-89-83(105)109-43-44-120-8)115-70(69)49-112-85(110-41-17-38-87)117-68-45-73(116-71(68)50-113-86(58-19-10-9-11-20-58,59-30-34-61(107-6)35-31-59)60-32-36-62(108-7)37-33-60)100-53-93-76-79(100)96-82(97-81(76)104)94-72(102)25-16-40-98(5)84(106)111-48-67-65-23-14-12-21-63(65)64-22-13-15-24-66(64)67/h9-15,19-24,26-37,51-55,67-71,73-74,81,85,104H,16-18,25,40-50H2,1-8H3,(H,89,105)(H,90,91,95,103)(H2,94,96,97,102). The van der Waals surface area contributed by atoms with Crippen LogP contribution in [0.5, 0.6) is 11.5 Å². The minimum absolute atomic E-state index is 0.0248. The van der Waals surface area contributed by atoms with Crippen molar-refractivity contribution in [2.45, 2.75) is 146 Å². The van der Waals surface area contributed by atoms with Gasteiger partial charge in [-0.15, -0.1) is 0 Å². The van der Waals surface area contributed by atoms with Crippen LogP contribution in [0, 0.1) is 22.7 Å². The van der Waals surface area contributed by atoms with E-state index >= 15 is 0 Å². The number of carbonyl (C=O) groups excluding carboxylic acids is 4. The molecule has 0 bridgehead atoms. The predicted molar refractivity (Wildman–Crippen MR) is 445 cm³/mol. The Hall–Kier alpha value is -11.0. The lowest BCUT2D eigenvalue weighted by atomic mass is 9.80. The Kier molecular flexibility index (Phi) is 29.9. The summed E-state index contributed by atoms with van der Waals surface area (Å²) in [5, 5.41) is 42.7. The predicted octanol–water partition coefficient (Wildman–Crippen LogP) is 12.8. The first kappa shape index (κ1) is 86.8. The monoisotopic (exact) mass is 1680 g/mol. The molecule has 5 N–H and O–H groups in total. The largest absolute Gasteiger partial charge is 0.497 e. The van der Waals surface area contributed by atoms with Gasteiger partial charge in [0.25, 0.3) is 20.9 Å². The number of ether oxygens (including phenoxy) is 10. The van der Waals surface area contributed by atoms with Crippen LogP contribution in [0.1, 0.15) is 140 Å². The number of hydrogen-bond acceptors (Lipinski definition) is 27. The second-order valence-corrected chi connectivity index (χ2v) is 31.6. The minimum Gasteiger partial charge on any atom is -0.497 e. The van der Waals surface area contributed by atoms with Gasteiger partial charge in [-0.1, -0.05) is 115 Å². The molecule has 0 radical (unpaired) electrons. The molecule has 4 amide bonds. The van der Waals surface area contributed by atoms with E-state index in [1.54, 1.807) is 66.4 Å². The van der Waals surface area contributed by atoms with Crippen LogP contribution in [0.3, 0.4) is 0 Å². The Labute approximate surface area is 701 Å².